The number of hydrogen-bond donors (Lipinski definition) is 0. The van der Waals surface area contributed by atoms with Crippen molar-refractivity contribution in [1.29, 1.82) is 0 Å². The van der Waals surface area contributed by atoms with Crippen molar-refractivity contribution >= 4 is 40.0 Å². The minimum Gasteiger partial charge on any atom is -0.346 e. The minimum absolute atomic E-state index is 0.408. The summed E-state index contributed by atoms with van der Waals surface area (Å²) < 4.78 is 2.77. The molecule has 0 aliphatic rings. The van der Waals surface area contributed by atoms with Crippen molar-refractivity contribution in [2.24, 2.45) is 0 Å². The molecule has 0 N–H and O–H groups in total. The summed E-state index contributed by atoms with van der Waals surface area (Å²) in [6.07, 6.45) is 1.78. The summed E-state index contributed by atoms with van der Waals surface area (Å²) >= 11 is 1.63. The molecule has 0 aromatic heterocycles. The fourth-order valence-electron chi connectivity index (χ4n) is 2.45. The van der Waals surface area contributed by atoms with Gasteiger partial charge in [0.25, 0.3) is 0 Å². The molecule has 0 aliphatic carbocycles. The lowest BCUT2D eigenvalue weighted by molar-refractivity contribution is -0.111. The molecular formula is C13H33NOSSi3. The van der Waals surface area contributed by atoms with Gasteiger partial charge in [0.05, 0.1) is 0 Å². The molecule has 0 saturated heterocycles. The van der Waals surface area contributed by atoms with Crippen LogP contribution in [-0.2, 0) is 4.79 Å². The van der Waals surface area contributed by atoms with Gasteiger partial charge in [-0.1, -0.05) is 58.9 Å². The van der Waals surface area contributed by atoms with Crippen molar-refractivity contribution in [3.63, 3.8) is 0 Å². The highest BCUT2D eigenvalue weighted by molar-refractivity contribution is 8.39. The van der Waals surface area contributed by atoms with Crippen LogP contribution in [0.3, 0.4) is 0 Å². The van der Waals surface area contributed by atoms with Crippen molar-refractivity contribution in [1.82, 2.24) is 4.23 Å². The summed E-state index contributed by atoms with van der Waals surface area (Å²) in [5.41, 5.74) is 0. The van der Waals surface area contributed by atoms with Crippen molar-refractivity contribution in [2.75, 3.05) is 6.54 Å². The van der Waals surface area contributed by atoms with Crippen molar-refractivity contribution < 1.29 is 4.79 Å². The van der Waals surface area contributed by atoms with Crippen LogP contribution < -0.4 is 0 Å². The molecule has 0 heterocycles. The smallest absolute Gasteiger partial charge is 0.183 e. The average Bonchev–Trinajstić information content (AvgIpc) is 2.04. The second kappa shape index (κ2) is 7.06. The Kier molecular flexibility index (Phi) is 7.30. The summed E-state index contributed by atoms with van der Waals surface area (Å²) in [4.78, 5) is 11.9. The second-order valence-corrected chi connectivity index (χ2v) is 27.6. The number of nitrogens with zero attached hydrogens (tertiary/aromatic N) is 1. The van der Waals surface area contributed by atoms with Crippen LogP contribution in [-0.4, -0.2) is 39.6 Å². The summed E-state index contributed by atoms with van der Waals surface area (Å²) in [5, 5.41) is 0.408. The highest BCUT2D eigenvalue weighted by atomic mass is 32.4. The van der Waals surface area contributed by atoms with Gasteiger partial charge in [-0.15, -0.1) is 11.2 Å². The Bertz CT molecular complexity index is 288. The van der Waals surface area contributed by atoms with Crippen molar-refractivity contribution in [2.45, 2.75) is 71.8 Å². The van der Waals surface area contributed by atoms with E-state index >= 15 is 0 Å². The fourth-order valence-corrected chi connectivity index (χ4v) is 15.4. The van der Waals surface area contributed by atoms with E-state index in [2.05, 4.69) is 63.2 Å². The van der Waals surface area contributed by atoms with Gasteiger partial charge in [0, 0.05) is 6.42 Å². The molecule has 0 unspecified atom stereocenters. The first kappa shape index (κ1) is 19.6. The van der Waals surface area contributed by atoms with Gasteiger partial charge in [0.2, 0.25) is 0 Å². The SMILES string of the molecule is C[Si](C)(C)SC(=O)CCCN([Si](C)(C)C)[Si](C)(C)C. The van der Waals surface area contributed by atoms with Crippen LogP contribution in [0, 0.1) is 0 Å². The lowest BCUT2D eigenvalue weighted by Crippen LogP contribution is -2.59. The number of hydrogen-bond acceptors (Lipinski definition) is 3. The van der Waals surface area contributed by atoms with Crippen LogP contribution in [0.4, 0.5) is 0 Å². The lowest BCUT2D eigenvalue weighted by Gasteiger charge is -2.43. The highest BCUT2D eigenvalue weighted by Crippen LogP contribution is 2.24. The molecule has 114 valence electrons. The van der Waals surface area contributed by atoms with Crippen molar-refractivity contribution in [3.8, 4) is 0 Å². The van der Waals surface area contributed by atoms with Gasteiger partial charge in [0.15, 0.2) is 5.12 Å². The van der Waals surface area contributed by atoms with Crippen LogP contribution in [0.1, 0.15) is 12.8 Å². The van der Waals surface area contributed by atoms with E-state index in [4.69, 9.17) is 0 Å². The normalized spacial score (nSPS) is 14.0. The molecule has 6 heteroatoms. The molecule has 19 heavy (non-hydrogen) atoms. The monoisotopic (exact) mass is 335 g/mol. The maximum atomic E-state index is 11.9. The first-order valence-electron chi connectivity index (χ1n) is 7.23. The van der Waals surface area contributed by atoms with Gasteiger partial charge >= 0.3 is 0 Å². The molecule has 0 amide bonds. The fraction of sp³-hybridized carbons (Fsp3) is 0.923. The Morgan fingerprint density at radius 2 is 1.32 bits per heavy atom. The van der Waals surface area contributed by atoms with E-state index in [1.54, 1.807) is 11.2 Å². The predicted molar refractivity (Wildman–Crippen MR) is 98.6 cm³/mol. The first-order valence-corrected chi connectivity index (χ1v) is 19.2. The Morgan fingerprint density at radius 1 is 0.895 bits per heavy atom. The molecule has 0 radical (unpaired) electrons. The molecule has 0 aromatic rings. The third-order valence-electron chi connectivity index (χ3n) is 2.80. The maximum Gasteiger partial charge on any atom is 0.183 e. The predicted octanol–water partition coefficient (Wildman–Crippen LogP) is 4.83. The summed E-state index contributed by atoms with van der Waals surface area (Å²) in [7, 11) is -3.81. The van der Waals surface area contributed by atoms with Gasteiger partial charge in [-0.25, -0.2) is 0 Å². The third kappa shape index (κ3) is 9.23. The lowest BCUT2D eigenvalue weighted by atomic mass is 10.3. The van der Waals surface area contributed by atoms with E-state index in [0.717, 1.165) is 19.4 Å². The molecule has 0 bridgehead atoms. The molecule has 0 spiro atoms. The number of carbonyl (C=O) groups is 1. The van der Waals surface area contributed by atoms with Gasteiger partial charge in [-0.3, -0.25) is 4.79 Å². The van der Waals surface area contributed by atoms with Crippen LogP contribution >= 0.6 is 11.2 Å². The summed E-state index contributed by atoms with van der Waals surface area (Å²) in [5.74, 6) is 0. The Morgan fingerprint density at radius 3 is 1.63 bits per heavy atom. The van der Waals surface area contributed by atoms with Crippen LogP contribution in [0.5, 0.6) is 0 Å². The zero-order chi connectivity index (χ0) is 15.5. The quantitative estimate of drug-likeness (QED) is 0.621. The van der Waals surface area contributed by atoms with E-state index in [9.17, 15) is 4.79 Å². The van der Waals surface area contributed by atoms with Crippen LogP contribution in [0.15, 0.2) is 0 Å². The molecule has 0 aromatic carbocycles. The van der Waals surface area contributed by atoms with Gasteiger partial charge in [0.1, 0.15) is 23.7 Å². The molecule has 0 rings (SSSR count). The van der Waals surface area contributed by atoms with Crippen molar-refractivity contribution in [3.05, 3.63) is 0 Å². The molecule has 0 fully saturated rings. The summed E-state index contributed by atoms with van der Waals surface area (Å²) in [6, 6.07) is 0. The van der Waals surface area contributed by atoms with E-state index in [0.29, 0.717) is 5.12 Å². The Balaban J connectivity index is 4.34. The Hall–Kier alpha value is 0.631. The molecular weight excluding hydrogens is 302 g/mol. The van der Waals surface area contributed by atoms with E-state index in [-0.39, 0.29) is 0 Å². The zero-order valence-electron chi connectivity index (χ0n) is 14.4. The number of rotatable bonds is 7. The van der Waals surface area contributed by atoms with Crippen LogP contribution in [0.25, 0.3) is 0 Å². The molecule has 0 atom stereocenters. The average molecular weight is 336 g/mol. The van der Waals surface area contributed by atoms with Crippen LogP contribution in [0.2, 0.25) is 58.9 Å². The first-order chi connectivity index (χ1) is 8.23. The summed E-state index contributed by atoms with van der Waals surface area (Å²) in [6.45, 7) is 22.4. The van der Waals surface area contributed by atoms with Gasteiger partial charge in [-0.05, 0) is 13.0 Å². The molecule has 0 saturated carbocycles. The van der Waals surface area contributed by atoms with E-state index < -0.39 is 23.7 Å². The van der Waals surface area contributed by atoms with E-state index in [1.807, 2.05) is 0 Å². The minimum atomic E-state index is -1.30. The maximum absolute atomic E-state index is 11.9. The van der Waals surface area contributed by atoms with E-state index in [1.165, 1.54) is 0 Å². The third-order valence-corrected chi connectivity index (χ3v) is 14.1. The largest absolute Gasteiger partial charge is 0.346 e. The van der Waals surface area contributed by atoms with Gasteiger partial charge < -0.3 is 4.23 Å². The zero-order valence-corrected chi connectivity index (χ0v) is 18.2. The Labute approximate surface area is 127 Å². The molecule has 0 aliphatic heterocycles. The van der Waals surface area contributed by atoms with Gasteiger partial charge in [-0.2, -0.15) is 0 Å². The standard InChI is InChI=1S/C13H33NOSSi3/c1-17(2,3)14(18(4,5)6)12-10-11-13(15)16-19(7,8)9/h10-12H2,1-9H3. The second-order valence-electron chi connectivity index (χ2n) is 8.18. The molecule has 2 nitrogen and oxygen atoms in total. The highest BCUT2D eigenvalue weighted by Gasteiger charge is 2.33. The topological polar surface area (TPSA) is 20.3 Å². The number of carbonyl (C=O) groups excluding carboxylic acids is 1.